The third-order valence-electron chi connectivity index (χ3n) is 1.03. The molecule has 0 radical (unpaired) electrons. The summed E-state index contributed by atoms with van der Waals surface area (Å²) in [6.45, 7) is 4.00. The molecule has 1 atom stereocenters. The van der Waals surface area contributed by atoms with Crippen molar-refractivity contribution >= 4 is 5.91 Å². The first kappa shape index (κ1) is 9.99. The third kappa shape index (κ3) is 5.43. The van der Waals surface area contributed by atoms with Gasteiger partial charge in [-0.1, -0.05) is 5.92 Å². The summed E-state index contributed by atoms with van der Waals surface area (Å²) in [5.74, 6) is 4.64. The van der Waals surface area contributed by atoms with Crippen molar-refractivity contribution in [3.05, 3.63) is 0 Å². The van der Waals surface area contributed by atoms with Crippen LogP contribution in [0.3, 0.4) is 0 Å². The number of nitrogens with one attached hydrogen (secondary N) is 1. The van der Waals surface area contributed by atoms with Crippen molar-refractivity contribution in [3.8, 4) is 11.8 Å². The summed E-state index contributed by atoms with van der Waals surface area (Å²) >= 11 is 0. The van der Waals surface area contributed by atoms with Crippen LogP contribution in [0, 0.1) is 11.8 Å². The molecule has 0 rings (SSSR count). The lowest BCUT2D eigenvalue weighted by Crippen LogP contribution is -2.34. The van der Waals surface area contributed by atoms with Crippen LogP contribution in [0.2, 0.25) is 0 Å². The number of methoxy groups -OCH3 is 1. The van der Waals surface area contributed by atoms with E-state index in [1.807, 2.05) is 6.92 Å². The molecule has 3 heteroatoms. The van der Waals surface area contributed by atoms with E-state index in [0.29, 0.717) is 6.61 Å². The van der Waals surface area contributed by atoms with Crippen molar-refractivity contribution in [1.29, 1.82) is 0 Å². The molecule has 0 aliphatic heterocycles. The fourth-order valence-corrected chi connectivity index (χ4v) is 0.665. The first-order valence-electron chi connectivity index (χ1n) is 3.43. The Kier molecular flexibility index (Phi) is 5.22. The maximum Gasteiger partial charge on any atom is 0.296 e. The Morgan fingerprint density at radius 2 is 2.36 bits per heavy atom. The number of hydrogen-bond donors (Lipinski definition) is 1. The summed E-state index contributed by atoms with van der Waals surface area (Å²) in [7, 11) is 1.59. The van der Waals surface area contributed by atoms with Crippen LogP contribution >= 0.6 is 0 Å². The average Bonchev–Trinajstić information content (AvgIpc) is 1.87. The van der Waals surface area contributed by atoms with E-state index in [1.54, 1.807) is 14.0 Å². The van der Waals surface area contributed by atoms with Crippen molar-refractivity contribution in [2.45, 2.75) is 19.9 Å². The van der Waals surface area contributed by atoms with Crippen molar-refractivity contribution in [3.63, 3.8) is 0 Å². The summed E-state index contributed by atoms with van der Waals surface area (Å²) in [5, 5.41) is 2.64. The minimum absolute atomic E-state index is 0.0216. The predicted molar refractivity (Wildman–Crippen MR) is 42.9 cm³/mol. The molecule has 0 fully saturated rings. The van der Waals surface area contributed by atoms with Gasteiger partial charge in [0.1, 0.15) is 0 Å². The Labute approximate surface area is 67.1 Å². The Morgan fingerprint density at radius 1 is 1.73 bits per heavy atom. The Hall–Kier alpha value is -1.01. The Balaban J connectivity index is 3.63. The van der Waals surface area contributed by atoms with Gasteiger partial charge in [0.05, 0.1) is 12.6 Å². The van der Waals surface area contributed by atoms with E-state index in [2.05, 4.69) is 17.2 Å². The number of carbonyl (C=O) groups is 1. The number of carbonyl (C=O) groups excluding carboxylic acids is 1. The highest BCUT2D eigenvalue weighted by molar-refractivity contribution is 5.93. The lowest BCUT2D eigenvalue weighted by Gasteiger charge is -2.09. The van der Waals surface area contributed by atoms with Crippen LogP contribution in [-0.2, 0) is 9.53 Å². The van der Waals surface area contributed by atoms with Gasteiger partial charge < -0.3 is 10.1 Å². The van der Waals surface area contributed by atoms with E-state index in [9.17, 15) is 4.79 Å². The maximum absolute atomic E-state index is 10.8. The maximum atomic E-state index is 10.8. The molecule has 1 amide bonds. The fraction of sp³-hybridized carbons (Fsp3) is 0.625. The number of hydrogen-bond acceptors (Lipinski definition) is 2. The lowest BCUT2D eigenvalue weighted by atomic mass is 10.3. The first-order valence-corrected chi connectivity index (χ1v) is 3.43. The zero-order valence-corrected chi connectivity index (χ0v) is 7.10. The van der Waals surface area contributed by atoms with Crippen LogP contribution < -0.4 is 5.32 Å². The highest BCUT2D eigenvalue weighted by Crippen LogP contribution is 1.80. The summed E-state index contributed by atoms with van der Waals surface area (Å²) in [4.78, 5) is 10.8. The minimum atomic E-state index is -0.253. The predicted octanol–water partition coefficient (Wildman–Crippen LogP) is 0.161. The molecule has 0 saturated carbocycles. The molecule has 0 aromatic carbocycles. The van der Waals surface area contributed by atoms with Gasteiger partial charge in [-0.05, 0) is 19.8 Å². The molecule has 1 N–H and O–H groups in total. The van der Waals surface area contributed by atoms with Gasteiger partial charge in [0.15, 0.2) is 0 Å². The standard InChI is InChI=1S/C8H13NO2/c1-4-5-8(10)9-7(2)6-11-3/h7H,6H2,1-3H3,(H,9,10)/t7-/m1/s1. The average molecular weight is 155 g/mol. The SMILES string of the molecule is CC#CC(=O)N[C@H](C)COC. The second-order valence-electron chi connectivity index (χ2n) is 2.20. The van der Waals surface area contributed by atoms with Gasteiger partial charge in [-0.3, -0.25) is 4.79 Å². The molecule has 0 aromatic heterocycles. The number of amides is 1. The highest BCUT2D eigenvalue weighted by atomic mass is 16.5. The second-order valence-corrected chi connectivity index (χ2v) is 2.20. The van der Waals surface area contributed by atoms with Gasteiger partial charge >= 0.3 is 0 Å². The molecule has 0 aliphatic rings. The zero-order chi connectivity index (χ0) is 8.69. The smallest absolute Gasteiger partial charge is 0.296 e. The summed E-state index contributed by atoms with van der Waals surface area (Å²) in [6, 6.07) is 0.0216. The molecule has 62 valence electrons. The zero-order valence-electron chi connectivity index (χ0n) is 7.10. The van der Waals surface area contributed by atoms with Gasteiger partial charge in [0.25, 0.3) is 5.91 Å². The highest BCUT2D eigenvalue weighted by Gasteiger charge is 2.02. The van der Waals surface area contributed by atoms with E-state index in [0.717, 1.165) is 0 Å². The molecule has 0 aliphatic carbocycles. The molecule has 0 bridgehead atoms. The first-order chi connectivity index (χ1) is 5.20. The summed E-state index contributed by atoms with van der Waals surface area (Å²) in [6.07, 6.45) is 0. The molecular formula is C8H13NO2. The minimum Gasteiger partial charge on any atom is -0.383 e. The quantitative estimate of drug-likeness (QED) is 0.590. The normalized spacial score (nSPS) is 11.2. The van der Waals surface area contributed by atoms with Gasteiger partial charge in [0, 0.05) is 7.11 Å². The van der Waals surface area contributed by atoms with Crippen molar-refractivity contribution < 1.29 is 9.53 Å². The summed E-state index contributed by atoms with van der Waals surface area (Å²) < 4.78 is 4.82. The van der Waals surface area contributed by atoms with Crippen LogP contribution in [0.4, 0.5) is 0 Å². The Morgan fingerprint density at radius 3 is 2.82 bits per heavy atom. The second kappa shape index (κ2) is 5.75. The van der Waals surface area contributed by atoms with E-state index < -0.39 is 0 Å². The topological polar surface area (TPSA) is 38.3 Å². The molecule has 0 unspecified atom stereocenters. The van der Waals surface area contributed by atoms with E-state index in [4.69, 9.17) is 4.74 Å². The van der Waals surface area contributed by atoms with Crippen LogP contribution in [0.15, 0.2) is 0 Å². The van der Waals surface area contributed by atoms with Crippen molar-refractivity contribution in [1.82, 2.24) is 5.32 Å². The molecule has 0 saturated heterocycles. The van der Waals surface area contributed by atoms with Gasteiger partial charge in [-0.25, -0.2) is 0 Å². The van der Waals surface area contributed by atoms with Gasteiger partial charge in [0.2, 0.25) is 0 Å². The van der Waals surface area contributed by atoms with Gasteiger partial charge in [-0.2, -0.15) is 0 Å². The molecular weight excluding hydrogens is 142 g/mol. The molecule has 0 aromatic rings. The van der Waals surface area contributed by atoms with Crippen LogP contribution in [0.25, 0.3) is 0 Å². The van der Waals surface area contributed by atoms with E-state index in [1.165, 1.54) is 0 Å². The largest absolute Gasteiger partial charge is 0.383 e. The van der Waals surface area contributed by atoms with Crippen LogP contribution in [-0.4, -0.2) is 25.7 Å². The van der Waals surface area contributed by atoms with Crippen molar-refractivity contribution in [2.75, 3.05) is 13.7 Å². The third-order valence-corrected chi connectivity index (χ3v) is 1.03. The lowest BCUT2D eigenvalue weighted by molar-refractivity contribution is -0.116. The van der Waals surface area contributed by atoms with E-state index in [-0.39, 0.29) is 11.9 Å². The number of ether oxygens (including phenoxy) is 1. The molecule has 0 spiro atoms. The Bertz CT molecular complexity index is 178. The fourth-order valence-electron chi connectivity index (χ4n) is 0.665. The van der Waals surface area contributed by atoms with E-state index >= 15 is 0 Å². The van der Waals surface area contributed by atoms with Gasteiger partial charge in [-0.15, -0.1) is 0 Å². The van der Waals surface area contributed by atoms with Crippen LogP contribution in [0.5, 0.6) is 0 Å². The van der Waals surface area contributed by atoms with Crippen LogP contribution in [0.1, 0.15) is 13.8 Å². The summed E-state index contributed by atoms with van der Waals surface area (Å²) in [5.41, 5.74) is 0. The molecule has 3 nitrogen and oxygen atoms in total. The molecule has 0 heterocycles. The van der Waals surface area contributed by atoms with Crippen molar-refractivity contribution in [2.24, 2.45) is 0 Å². The molecule has 11 heavy (non-hydrogen) atoms. The monoisotopic (exact) mass is 155 g/mol. The number of rotatable bonds is 3.